The first-order valence-electron chi connectivity index (χ1n) is 6.00. The maximum Gasteiger partial charge on any atom is 0.208 e. The number of hydrogen-bond donors (Lipinski definition) is 1. The average molecular weight is 321 g/mol. The van der Waals surface area contributed by atoms with Gasteiger partial charge in [0.25, 0.3) is 0 Å². The first kappa shape index (κ1) is 12.3. The second-order valence-electron chi connectivity index (χ2n) is 4.46. The van der Waals surface area contributed by atoms with Gasteiger partial charge in [0.05, 0.1) is 10.7 Å². The van der Waals surface area contributed by atoms with Gasteiger partial charge >= 0.3 is 0 Å². The fourth-order valence-corrected chi connectivity index (χ4v) is 4.14. The Morgan fingerprint density at radius 3 is 3.10 bits per heavy atom. The number of thiazole rings is 1. The Kier molecular flexibility index (Phi) is 2.80. The largest absolute Gasteiger partial charge is 0.449 e. The van der Waals surface area contributed by atoms with Crippen LogP contribution in [-0.2, 0) is 0 Å². The number of fused-ring (bicyclic) bond motifs is 2. The molecule has 0 fully saturated rings. The Morgan fingerprint density at radius 1 is 1.35 bits per heavy atom. The van der Waals surface area contributed by atoms with Gasteiger partial charge < -0.3 is 9.73 Å². The van der Waals surface area contributed by atoms with Gasteiger partial charge in [0.1, 0.15) is 16.3 Å². The molecule has 4 rings (SSSR count). The van der Waals surface area contributed by atoms with Crippen molar-refractivity contribution in [2.24, 2.45) is 0 Å². The van der Waals surface area contributed by atoms with E-state index in [1.54, 1.807) is 23.1 Å². The lowest BCUT2D eigenvalue weighted by Crippen LogP contribution is -1.87. The van der Waals surface area contributed by atoms with E-state index in [0.717, 1.165) is 36.9 Å². The predicted octanol–water partition coefficient (Wildman–Crippen LogP) is 5.37. The van der Waals surface area contributed by atoms with E-state index in [2.05, 4.69) is 10.3 Å². The summed E-state index contributed by atoms with van der Waals surface area (Å²) in [5, 5.41) is 6.07. The molecule has 0 atom stereocenters. The summed E-state index contributed by atoms with van der Waals surface area (Å²) in [5.74, 6) is 0.897. The van der Waals surface area contributed by atoms with E-state index in [0.29, 0.717) is 0 Å². The van der Waals surface area contributed by atoms with Gasteiger partial charge in [-0.25, -0.2) is 4.98 Å². The number of rotatable bonds is 1. The molecule has 1 aliphatic rings. The van der Waals surface area contributed by atoms with Crippen LogP contribution in [0.3, 0.4) is 0 Å². The molecule has 20 heavy (non-hydrogen) atoms. The summed E-state index contributed by atoms with van der Waals surface area (Å²) in [6, 6.07) is 7.81. The number of halogens is 1. The van der Waals surface area contributed by atoms with E-state index in [1.807, 2.05) is 37.3 Å². The Balaban J connectivity index is 1.66. The monoisotopic (exact) mass is 320 g/mol. The van der Waals surface area contributed by atoms with Gasteiger partial charge in [-0.05, 0) is 25.1 Å². The van der Waals surface area contributed by atoms with Crippen molar-refractivity contribution in [3.8, 4) is 0 Å². The van der Waals surface area contributed by atoms with Gasteiger partial charge in [-0.1, -0.05) is 34.7 Å². The van der Waals surface area contributed by atoms with Gasteiger partial charge in [0, 0.05) is 22.1 Å². The van der Waals surface area contributed by atoms with Crippen molar-refractivity contribution in [2.75, 3.05) is 5.32 Å². The van der Waals surface area contributed by atoms with E-state index < -0.39 is 0 Å². The Labute approximate surface area is 128 Å². The summed E-state index contributed by atoms with van der Waals surface area (Å²) >= 11 is 9.23. The molecular formula is C14H9ClN2OS2. The third kappa shape index (κ3) is 2.12. The zero-order valence-electron chi connectivity index (χ0n) is 10.4. The smallest absolute Gasteiger partial charge is 0.208 e. The highest BCUT2D eigenvalue weighted by atomic mass is 35.5. The first-order valence-corrected chi connectivity index (χ1v) is 8.01. The van der Waals surface area contributed by atoms with Crippen molar-refractivity contribution in [1.29, 1.82) is 0 Å². The summed E-state index contributed by atoms with van der Waals surface area (Å²) < 4.78 is 5.57. The average Bonchev–Trinajstić information content (AvgIpc) is 3.01. The van der Waals surface area contributed by atoms with Gasteiger partial charge in [0.2, 0.25) is 4.90 Å². The molecule has 0 aliphatic carbocycles. The van der Waals surface area contributed by atoms with Crippen LogP contribution in [0.15, 0.2) is 38.6 Å². The predicted molar refractivity (Wildman–Crippen MR) is 85.5 cm³/mol. The molecule has 2 aromatic heterocycles. The second kappa shape index (κ2) is 4.55. The fourth-order valence-electron chi connectivity index (χ4n) is 2.07. The summed E-state index contributed by atoms with van der Waals surface area (Å²) in [6.07, 6.45) is 2.04. The molecule has 3 nitrogen and oxygen atoms in total. The van der Waals surface area contributed by atoms with E-state index in [1.165, 1.54) is 4.90 Å². The Morgan fingerprint density at radius 2 is 2.25 bits per heavy atom. The summed E-state index contributed by atoms with van der Waals surface area (Å²) in [7, 11) is 0. The van der Waals surface area contributed by atoms with E-state index in [-0.39, 0.29) is 0 Å². The number of nitrogens with one attached hydrogen (secondary N) is 1. The first-order chi connectivity index (χ1) is 9.67. The molecule has 0 bridgehead atoms. The molecule has 3 aromatic rings. The summed E-state index contributed by atoms with van der Waals surface area (Å²) in [4.78, 5) is 6.60. The van der Waals surface area contributed by atoms with Crippen molar-refractivity contribution in [3.63, 3.8) is 0 Å². The van der Waals surface area contributed by atoms with Crippen molar-refractivity contribution in [3.05, 3.63) is 45.1 Å². The number of aryl methyl sites for hydroxylation is 1. The molecule has 0 saturated heterocycles. The molecule has 1 aromatic carbocycles. The van der Waals surface area contributed by atoms with Crippen LogP contribution < -0.4 is 5.32 Å². The molecule has 1 aliphatic heterocycles. The normalized spacial score (nSPS) is 15.8. The maximum atomic E-state index is 5.99. The van der Waals surface area contributed by atoms with E-state index in [9.17, 15) is 0 Å². The number of aromatic nitrogens is 1. The minimum Gasteiger partial charge on any atom is -0.449 e. The minimum absolute atomic E-state index is 0.736. The van der Waals surface area contributed by atoms with Crippen molar-refractivity contribution < 1.29 is 4.42 Å². The van der Waals surface area contributed by atoms with E-state index >= 15 is 0 Å². The third-order valence-electron chi connectivity index (χ3n) is 2.90. The van der Waals surface area contributed by atoms with Gasteiger partial charge in [0.15, 0.2) is 0 Å². The van der Waals surface area contributed by atoms with Crippen LogP contribution in [0.4, 0.5) is 5.69 Å². The minimum atomic E-state index is 0.736. The molecule has 3 heterocycles. The molecule has 0 saturated carbocycles. The third-order valence-corrected chi connectivity index (χ3v) is 5.05. The highest BCUT2D eigenvalue weighted by Gasteiger charge is 2.17. The molecule has 0 radical (unpaired) electrons. The number of nitrogens with zero attached hydrogens (tertiary/aromatic N) is 1. The number of furan rings is 1. The van der Waals surface area contributed by atoms with Gasteiger partial charge in [-0.15, -0.1) is 0 Å². The highest BCUT2D eigenvalue weighted by molar-refractivity contribution is 8.03. The highest BCUT2D eigenvalue weighted by Crippen LogP contribution is 2.43. The van der Waals surface area contributed by atoms with E-state index in [4.69, 9.17) is 16.0 Å². The maximum absolute atomic E-state index is 5.99. The lowest BCUT2D eigenvalue weighted by molar-refractivity contribution is 0.585. The van der Waals surface area contributed by atoms with Crippen LogP contribution in [0.1, 0.15) is 10.8 Å². The molecule has 0 spiro atoms. The Hall–Kier alpha value is -1.43. The van der Waals surface area contributed by atoms with Crippen LogP contribution in [0, 0.1) is 6.92 Å². The molecule has 0 amide bonds. The standard InChI is InChI=1S/C14H9ClN2OS2/c1-7-4-10-14(18-7)20-13(17-10)6-12-16-9-5-8(15)2-3-11(9)19-12/h2-6,16H,1H3/b12-6-. The van der Waals surface area contributed by atoms with Crippen LogP contribution in [0.5, 0.6) is 0 Å². The molecule has 1 N–H and O–H groups in total. The van der Waals surface area contributed by atoms with Crippen molar-refractivity contribution >= 4 is 56.9 Å². The van der Waals surface area contributed by atoms with Crippen LogP contribution in [0.25, 0.3) is 16.5 Å². The van der Waals surface area contributed by atoms with Crippen LogP contribution >= 0.6 is 34.7 Å². The molecular weight excluding hydrogens is 312 g/mol. The lowest BCUT2D eigenvalue weighted by Gasteiger charge is -1.97. The number of thioether (sulfide) groups is 1. The zero-order chi connectivity index (χ0) is 13.7. The van der Waals surface area contributed by atoms with Crippen LogP contribution in [0.2, 0.25) is 5.02 Å². The lowest BCUT2D eigenvalue weighted by atomic mass is 10.3. The molecule has 0 unspecified atom stereocenters. The SMILES string of the molecule is Cc1cc2nc(/C=C3/Nc4cc(Cl)ccc4S3)sc2o1. The number of anilines is 1. The van der Waals surface area contributed by atoms with Crippen LogP contribution in [-0.4, -0.2) is 4.98 Å². The molecule has 6 heteroatoms. The Bertz CT molecular complexity index is 819. The summed E-state index contributed by atoms with van der Waals surface area (Å²) in [5.41, 5.74) is 1.97. The van der Waals surface area contributed by atoms with Crippen molar-refractivity contribution in [2.45, 2.75) is 11.8 Å². The fraction of sp³-hybridized carbons (Fsp3) is 0.0714. The number of hydrogen-bond acceptors (Lipinski definition) is 5. The second-order valence-corrected chi connectivity index (χ2v) is 6.97. The molecule has 100 valence electrons. The zero-order valence-corrected chi connectivity index (χ0v) is 12.8. The number of benzene rings is 1. The summed E-state index contributed by atoms with van der Waals surface area (Å²) in [6.45, 7) is 1.93. The topological polar surface area (TPSA) is 38.1 Å². The quantitative estimate of drug-likeness (QED) is 0.654. The van der Waals surface area contributed by atoms with Gasteiger partial charge in [-0.2, -0.15) is 0 Å². The van der Waals surface area contributed by atoms with Gasteiger partial charge in [-0.3, -0.25) is 0 Å². The van der Waals surface area contributed by atoms with Crippen molar-refractivity contribution in [1.82, 2.24) is 4.98 Å².